The molecule has 2 aromatic carbocycles. The largest absolute Gasteiger partial charge is 0.399 e. The number of aliphatic hydroxyl groups excluding tert-OH is 1. The Bertz CT molecular complexity index is 1170. The number of aliphatic hydroxyl groups is 1. The summed E-state index contributed by atoms with van der Waals surface area (Å²) in [6, 6.07) is 17.5. The van der Waals surface area contributed by atoms with E-state index in [0.717, 1.165) is 27.8 Å². The van der Waals surface area contributed by atoms with Crippen LogP contribution in [0, 0.1) is 0 Å². The van der Waals surface area contributed by atoms with Crippen molar-refractivity contribution in [1.29, 1.82) is 0 Å². The quantitative estimate of drug-likeness (QED) is 0.575. The lowest BCUT2D eigenvalue weighted by Gasteiger charge is -2.28. The Kier molecular flexibility index (Phi) is 6.47. The summed E-state index contributed by atoms with van der Waals surface area (Å²) in [6.45, 7) is 2.86. The van der Waals surface area contributed by atoms with Gasteiger partial charge < -0.3 is 15.7 Å². The van der Waals surface area contributed by atoms with Crippen molar-refractivity contribution in [3.8, 4) is 0 Å². The molecule has 4 rings (SSSR count). The Labute approximate surface area is 188 Å². The lowest BCUT2D eigenvalue weighted by Crippen LogP contribution is -2.34. The summed E-state index contributed by atoms with van der Waals surface area (Å²) in [6.07, 6.45) is 9.51. The van der Waals surface area contributed by atoms with Crippen LogP contribution in [0.1, 0.15) is 52.1 Å². The zero-order valence-corrected chi connectivity index (χ0v) is 18.1. The Morgan fingerprint density at radius 1 is 1.09 bits per heavy atom. The molecule has 32 heavy (non-hydrogen) atoms. The number of nitrogen functional groups attached to an aromatic ring is 1. The molecule has 1 amide bonds. The van der Waals surface area contributed by atoms with Crippen LogP contribution in [-0.2, 0) is 0 Å². The zero-order chi connectivity index (χ0) is 22.5. The van der Waals surface area contributed by atoms with Crippen molar-refractivity contribution in [3.05, 3.63) is 101 Å². The van der Waals surface area contributed by atoms with Crippen LogP contribution in [0.25, 0.3) is 17.7 Å². The number of rotatable bonds is 5. The van der Waals surface area contributed by atoms with E-state index in [1.165, 1.54) is 0 Å². The summed E-state index contributed by atoms with van der Waals surface area (Å²) in [5, 5.41) is 10.1. The van der Waals surface area contributed by atoms with Crippen molar-refractivity contribution >= 4 is 29.3 Å². The van der Waals surface area contributed by atoms with E-state index in [2.05, 4.69) is 11.1 Å². The maximum atomic E-state index is 13.1. The zero-order valence-electron chi connectivity index (χ0n) is 18.1. The second-order valence-corrected chi connectivity index (χ2v) is 8.00. The molecule has 0 aliphatic carbocycles. The molecule has 1 aromatic heterocycles. The first-order chi connectivity index (χ1) is 15.5. The van der Waals surface area contributed by atoms with E-state index >= 15 is 0 Å². The molecular weight excluding hydrogens is 398 g/mol. The molecule has 3 N–H and O–H groups in total. The first kappa shape index (κ1) is 21.5. The smallest absolute Gasteiger partial charge is 0.255 e. The van der Waals surface area contributed by atoms with Gasteiger partial charge in [0.25, 0.3) is 5.91 Å². The van der Waals surface area contributed by atoms with Gasteiger partial charge in [-0.05, 0) is 59.4 Å². The average molecular weight is 426 g/mol. The highest BCUT2D eigenvalue weighted by molar-refractivity contribution is 5.95. The minimum Gasteiger partial charge on any atom is -0.399 e. The summed E-state index contributed by atoms with van der Waals surface area (Å²) >= 11 is 0. The summed E-state index contributed by atoms with van der Waals surface area (Å²) in [5.41, 5.74) is 12.1. The molecule has 1 unspecified atom stereocenters. The summed E-state index contributed by atoms with van der Waals surface area (Å²) in [4.78, 5) is 19.2. The molecule has 162 valence electrons. The number of anilines is 1. The maximum absolute atomic E-state index is 13.1. The fourth-order valence-corrected chi connectivity index (χ4v) is 3.92. The fourth-order valence-electron chi connectivity index (χ4n) is 3.92. The van der Waals surface area contributed by atoms with Crippen molar-refractivity contribution < 1.29 is 9.90 Å². The predicted molar refractivity (Wildman–Crippen MR) is 130 cm³/mol. The lowest BCUT2D eigenvalue weighted by molar-refractivity contribution is 0.0772. The fraction of sp³-hybridized carbons (Fsp3) is 0.185. The molecule has 0 saturated heterocycles. The average Bonchev–Trinajstić information content (AvgIpc) is 2.83. The number of amides is 1. The van der Waals surface area contributed by atoms with Crippen LogP contribution in [0.15, 0.2) is 73.1 Å². The first-order valence-corrected chi connectivity index (χ1v) is 10.8. The lowest BCUT2D eigenvalue weighted by atomic mass is 9.92. The standard InChI is InChI=1S/C27H27N3O2/c1-19(31)25-10-9-24(28)16-26(25)22-11-13-30(14-12-22)27(32)23-15-21(17-29-18-23)8-7-20-5-3-2-4-6-20/h2-11,15-19,31H,12-14,28H2,1H3. The number of nitrogens with two attached hydrogens (primary N) is 1. The third-order valence-electron chi connectivity index (χ3n) is 5.64. The van der Waals surface area contributed by atoms with Crippen molar-refractivity contribution in [2.24, 2.45) is 0 Å². The normalized spacial score (nSPS) is 14.9. The van der Waals surface area contributed by atoms with Gasteiger partial charge in [-0.25, -0.2) is 0 Å². The molecule has 0 radical (unpaired) electrons. The number of pyridine rings is 1. The van der Waals surface area contributed by atoms with Crippen LogP contribution in [0.4, 0.5) is 5.69 Å². The number of hydrogen-bond acceptors (Lipinski definition) is 4. The molecule has 0 spiro atoms. The second-order valence-electron chi connectivity index (χ2n) is 8.00. The van der Waals surface area contributed by atoms with Crippen LogP contribution < -0.4 is 5.73 Å². The van der Waals surface area contributed by atoms with E-state index in [1.807, 2.05) is 65.6 Å². The van der Waals surface area contributed by atoms with Crippen LogP contribution in [0.2, 0.25) is 0 Å². The molecule has 5 nitrogen and oxygen atoms in total. The van der Waals surface area contributed by atoms with E-state index in [0.29, 0.717) is 30.8 Å². The van der Waals surface area contributed by atoms with Gasteiger partial charge >= 0.3 is 0 Å². The van der Waals surface area contributed by atoms with E-state index in [9.17, 15) is 9.90 Å². The number of carbonyl (C=O) groups excluding carboxylic acids is 1. The molecule has 5 heteroatoms. The number of benzene rings is 2. The van der Waals surface area contributed by atoms with Crippen molar-refractivity contribution in [2.75, 3.05) is 18.8 Å². The van der Waals surface area contributed by atoms with Gasteiger partial charge in [0, 0.05) is 31.2 Å². The molecule has 1 aliphatic heterocycles. The first-order valence-electron chi connectivity index (χ1n) is 10.8. The Morgan fingerprint density at radius 3 is 2.59 bits per heavy atom. The number of hydrogen-bond donors (Lipinski definition) is 2. The molecule has 0 fully saturated rings. The van der Waals surface area contributed by atoms with E-state index in [1.54, 1.807) is 25.4 Å². The van der Waals surface area contributed by atoms with E-state index in [-0.39, 0.29) is 5.91 Å². The Hall–Kier alpha value is -3.70. The molecular formula is C27H27N3O2. The highest BCUT2D eigenvalue weighted by atomic mass is 16.3. The summed E-state index contributed by atoms with van der Waals surface area (Å²) in [7, 11) is 0. The second kappa shape index (κ2) is 9.62. The van der Waals surface area contributed by atoms with Gasteiger partial charge in [0.2, 0.25) is 0 Å². The molecule has 1 atom stereocenters. The van der Waals surface area contributed by atoms with Gasteiger partial charge in [-0.15, -0.1) is 0 Å². The van der Waals surface area contributed by atoms with E-state index < -0.39 is 6.10 Å². The molecule has 2 heterocycles. The molecule has 0 saturated carbocycles. The summed E-state index contributed by atoms with van der Waals surface area (Å²) < 4.78 is 0. The highest BCUT2D eigenvalue weighted by Crippen LogP contribution is 2.31. The monoisotopic (exact) mass is 425 g/mol. The molecule has 1 aliphatic rings. The third-order valence-corrected chi connectivity index (χ3v) is 5.64. The SMILES string of the molecule is CC(O)c1ccc(N)cc1C1=CCN(C(=O)c2cncc(C=Cc3ccccc3)c2)CC1. The van der Waals surface area contributed by atoms with Crippen LogP contribution >= 0.6 is 0 Å². The third kappa shape index (κ3) is 4.95. The van der Waals surface area contributed by atoms with Crippen LogP contribution in [0.3, 0.4) is 0 Å². The summed E-state index contributed by atoms with van der Waals surface area (Å²) in [5.74, 6) is -0.0360. The number of carbonyl (C=O) groups is 1. The van der Waals surface area contributed by atoms with Gasteiger partial charge in [0.15, 0.2) is 0 Å². The van der Waals surface area contributed by atoms with Gasteiger partial charge in [-0.1, -0.05) is 54.6 Å². The van der Waals surface area contributed by atoms with Crippen LogP contribution in [0.5, 0.6) is 0 Å². The van der Waals surface area contributed by atoms with E-state index in [4.69, 9.17) is 5.73 Å². The molecule has 3 aromatic rings. The van der Waals surface area contributed by atoms with Crippen molar-refractivity contribution in [2.45, 2.75) is 19.4 Å². The number of aromatic nitrogens is 1. The molecule has 0 bridgehead atoms. The minimum atomic E-state index is -0.580. The van der Waals surface area contributed by atoms with Gasteiger partial charge in [-0.3, -0.25) is 9.78 Å². The topological polar surface area (TPSA) is 79.5 Å². The predicted octanol–water partition coefficient (Wildman–Crippen LogP) is 4.82. The van der Waals surface area contributed by atoms with Crippen molar-refractivity contribution in [3.63, 3.8) is 0 Å². The Morgan fingerprint density at radius 2 is 1.88 bits per heavy atom. The van der Waals surface area contributed by atoms with Gasteiger partial charge in [0.05, 0.1) is 11.7 Å². The highest BCUT2D eigenvalue weighted by Gasteiger charge is 2.21. The minimum absolute atomic E-state index is 0.0360. The van der Waals surface area contributed by atoms with Gasteiger partial charge in [0.1, 0.15) is 0 Å². The number of nitrogens with zero attached hydrogens (tertiary/aromatic N) is 2. The van der Waals surface area contributed by atoms with Crippen molar-refractivity contribution in [1.82, 2.24) is 9.88 Å². The van der Waals surface area contributed by atoms with Gasteiger partial charge in [-0.2, -0.15) is 0 Å². The Balaban J connectivity index is 1.49. The van der Waals surface area contributed by atoms with Crippen LogP contribution in [-0.4, -0.2) is 34.0 Å². The maximum Gasteiger partial charge on any atom is 0.255 e.